The van der Waals surface area contributed by atoms with Crippen LogP contribution in [0.1, 0.15) is 25.0 Å². The molecule has 0 amide bonds. The first-order valence-electron chi connectivity index (χ1n) is 9.49. The molecule has 2 aromatic rings. The highest BCUT2D eigenvalue weighted by molar-refractivity contribution is 6.17. The molecule has 0 radical (unpaired) electrons. The van der Waals surface area contributed by atoms with E-state index in [0.29, 0.717) is 11.1 Å². The normalized spacial score (nSPS) is 10.9. The molecule has 0 unspecified atom stereocenters. The van der Waals surface area contributed by atoms with Crippen LogP contribution in [-0.2, 0) is 25.2 Å². The van der Waals surface area contributed by atoms with Crippen LogP contribution in [0.15, 0.2) is 42.0 Å². The lowest BCUT2D eigenvalue weighted by Gasteiger charge is -2.16. The Morgan fingerprint density at radius 2 is 1.65 bits per heavy atom. The van der Waals surface area contributed by atoms with Crippen molar-refractivity contribution in [2.45, 2.75) is 20.0 Å². The van der Waals surface area contributed by atoms with Gasteiger partial charge in [-0.05, 0) is 43.7 Å². The second kappa shape index (κ2) is 10.1. The van der Waals surface area contributed by atoms with Gasteiger partial charge in [0.2, 0.25) is 0 Å². The van der Waals surface area contributed by atoms with Gasteiger partial charge in [-0.15, -0.1) is 0 Å². The minimum absolute atomic E-state index is 0.0666. The molecule has 0 aliphatic heterocycles. The van der Waals surface area contributed by atoms with E-state index in [-0.39, 0.29) is 30.3 Å². The van der Waals surface area contributed by atoms with E-state index < -0.39 is 23.7 Å². The van der Waals surface area contributed by atoms with Gasteiger partial charge < -0.3 is 14.4 Å². The number of hydrogen-bond acceptors (Lipinski definition) is 6. The summed E-state index contributed by atoms with van der Waals surface area (Å²) in [6, 6.07) is 8.23. The van der Waals surface area contributed by atoms with Gasteiger partial charge >= 0.3 is 18.1 Å². The number of benzene rings is 1. The number of alkyl halides is 3. The van der Waals surface area contributed by atoms with Crippen molar-refractivity contribution in [3.63, 3.8) is 0 Å². The lowest BCUT2D eigenvalue weighted by atomic mass is 10.0. The zero-order valence-corrected chi connectivity index (χ0v) is 17.6. The maximum Gasteiger partial charge on any atom is 0.416 e. The molecule has 0 N–H and O–H groups in total. The summed E-state index contributed by atoms with van der Waals surface area (Å²) < 4.78 is 49.8. The summed E-state index contributed by atoms with van der Waals surface area (Å²) in [5, 5.41) is 0. The maximum absolute atomic E-state index is 13.3. The van der Waals surface area contributed by atoms with E-state index in [1.807, 2.05) is 0 Å². The third kappa shape index (κ3) is 6.31. The molecule has 1 heterocycles. The summed E-state index contributed by atoms with van der Waals surface area (Å²) in [6.07, 6.45) is -3.26. The fraction of sp³-hybridized carbons (Fsp3) is 0.318. The molecule has 0 atom stereocenters. The third-order valence-corrected chi connectivity index (χ3v) is 4.08. The van der Waals surface area contributed by atoms with Crippen LogP contribution in [-0.4, -0.2) is 44.2 Å². The van der Waals surface area contributed by atoms with E-state index in [1.54, 1.807) is 46.1 Å². The summed E-state index contributed by atoms with van der Waals surface area (Å²) in [7, 11) is 3.19. The van der Waals surface area contributed by atoms with Gasteiger partial charge in [0.1, 0.15) is 11.4 Å². The van der Waals surface area contributed by atoms with Crippen LogP contribution in [0.25, 0.3) is 17.3 Å². The van der Waals surface area contributed by atoms with Gasteiger partial charge in [-0.25, -0.2) is 14.6 Å². The summed E-state index contributed by atoms with van der Waals surface area (Å²) in [5.74, 6) is -1.55. The Balaban J connectivity index is 2.56. The molecule has 9 heteroatoms. The van der Waals surface area contributed by atoms with E-state index in [2.05, 4.69) is 4.98 Å². The molecule has 0 bridgehead atoms. The van der Waals surface area contributed by atoms with Crippen LogP contribution in [0.2, 0.25) is 0 Å². The van der Waals surface area contributed by atoms with E-state index >= 15 is 0 Å². The Kier molecular flexibility index (Phi) is 7.79. The number of pyridine rings is 1. The number of anilines is 1. The van der Waals surface area contributed by atoms with Crippen LogP contribution in [0, 0.1) is 0 Å². The number of carbonyl (C=O) groups is 2. The van der Waals surface area contributed by atoms with E-state index in [0.717, 1.165) is 12.1 Å². The quantitative estimate of drug-likeness (QED) is 0.278. The molecule has 2 rings (SSSR count). The highest BCUT2D eigenvalue weighted by atomic mass is 19.4. The average Bonchev–Trinajstić information content (AvgIpc) is 2.71. The number of ether oxygens (including phenoxy) is 2. The Morgan fingerprint density at radius 1 is 1.03 bits per heavy atom. The zero-order chi connectivity index (χ0) is 23.2. The molecule has 6 nitrogen and oxygen atoms in total. The summed E-state index contributed by atoms with van der Waals surface area (Å²) >= 11 is 0. The molecule has 0 saturated heterocycles. The molecule has 0 aliphatic rings. The van der Waals surface area contributed by atoms with Gasteiger partial charge in [0.05, 0.1) is 24.5 Å². The standard InChI is InChI=1S/C22H23F3N2O4/c1-5-30-20(28)17(21(29)31-6-2)11-14-8-7-9-15(10-14)18-12-16(22(23,24)25)13-19(26-18)27(3)4/h7-13H,5-6H2,1-4H3. The fourth-order valence-electron chi connectivity index (χ4n) is 2.63. The van der Waals surface area contributed by atoms with Crippen molar-refractivity contribution >= 4 is 23.8 Å². The van der Waals surface area contributed by atoms with Gasteiger partial charge in [0.25, 0.3) is 0 Å². The summed E-state index contributed by atoms with van der Waals surface area (Å²) in [6.45, 7) is 3.33. The highest BCUT2D eigenvalue weighted by Gasteiger charge is 2.32. The monoisotopic (exact) mass is 436 g/mol. The Morgan fingerprint density at radius 3 is 2.16 bits per heavy atom. The number of carbonyl (C=O) groups excluding carboxylic acids is 2. The molecule has 1 aromatic heterocycles. The van der Waals surface area contributed by atoms with Crippen molar-refractivity contribution in [3.05, 3.63) is 53.1 Å². The van der Waals surface area contributed by atoms with Gasteiger partial charge in [0.15, 0.2) is 0 Å². The minimum Gasteiger partial charge on any atom is -0.462 e. The van der Waals surface area contributed by atoms with Crippen LogP contribution in [0.4, 0.5) is 19.0 Å². The largest absolute Gasteiger partial charge is 0.462 e. The molecular weight excluding hydrogens is 413 g/mol. The number of rotatable bonds is 7. The molecule has 0 fully saturated rings. The molecule has 166 valence electrons. The number of hydrogen-bond donors (Lipinski definition) is 0. The van der Waals surface area contributed by atoms with Crippen molar-refractivity contribution < 1.29 is 32.2 Å². The molecule has 1 aromatic carbocycles. The summed E-state index contributed by atoms with van der Waals surface area (Å²) in [5.41, 5.74) is -0.260. The van der Waals surface area contributed by atoms with E-state index in [9.17, 15) is 22.8 Å². The summed E-state index contributed by atoms with van der Waals surface area (Å²) in [4.78, 5) is 30.1. The van der Waals surface area contributed by atoms with Gasteiger partial charge in [0, 0.05) is 19.7 Å². The number of nitrogens with zero attached hydrogens (tertiary/aromatic N) is 2. The molecular formula is C22H23F3N2O4. The van der Waals surface area contributed by atoms with Crippen LogP contribution in [0.3, 0.4) is 0 Å². The van der Waals surface area contributed by atoms with E-state index in [1.165, 1.54) is 17.0 Å². The minimum atomic E-state index is -4.54. The lowest BCUT2D eigenvalue weighted by molar-refractivity contribution is -0.146. The SMILES string of the molecule is CCOC(=O)C(=Cc1cccc(-c2cc(C(F)(F)F)cc(N(C)C)n2)c1)C(=O)OCC. The smallest absolute Gasteiger partial charge is 0.416 e. The lowest BCUT2D eigenvalue weighted by Crippen LogP contribution is -2.18. The predicted octanol–water partition coefficient (Wildman–Crippen LogP) is 4.34. The fourth-order valence-corrected chi connectivity index (χ4v) is 2.63. The first kappa shape index (κ1) is 23.9. The number of halogens is 3. The second-order valence-corrected chi connectivity index (χ2v) is 6.62. The van der Waals surface area contributed by atoms with Gasteiger partial charge in [-0.3, -0.25) is 0 Å². The van der Waals surface area contributed by atoms with Crippen molar-refractivity contribution in [2.24, 2.45) is 0 Å². The zero-order valence-electron chi connectivity index (χ0n) is 17.6. The van der Waals surface area contributed by atoms with Crippen molar-refractivity contribution in [3.8, 4) is 11.3 Å². The second-order valence-electron chi connectivity index (χ2n) is 6.62. The number of esters is 2. The van der Waals surface area contributed by atoms with Crippen LogP contribution < -0.4 is 4.90 Å². The van der Waals surface area contributed by atoms with Crippen molar-refractivity contribution in [2.75, 3.05) is 32.2 Å². The topological polar surface area (TPSA) is 68.7 Å². The molecule has 0 saturated carbocycles. The van der Waals surface area contributed by atoms with Crippen LogP contribution in [0.5, 0.6) is 0 Å². The Labute approximate surface area is 178 Å². The molecule has 31 heavy (non-hydrogen) atoms. The first-order chi connectivity index (χ1) is 14.6. The van der Waals surface area contributed by atoms with E-state index in [4.69, 9.17) is 9.47 Å². The molecule has 0 spiro atoms. The average molecular weight is 436 g/mol. The van der Waals surface area contributed by atoms with Gasteiger partial charge in [-0.1, -0.05) is 18.2 Å². The van der Waals surface area contributed by atoms with Gasteiger partial charge in [-0.2, -0.15) is 13.2 Å². The number of aromatic nitrogens is 1. The predicted molar refractivity (Wildman–Crippen MR) is 110 cm³/mol. The van der Waals surface area contributed by atoms with Crippen molar-refractivity contribution in [1.82, 2.24) is 4.98 Å². The first-order valence-corrected chi connectivity index (χ1v) is 9.49. The highest BCUT2D eigenvalue weighted by Crippen LogP contribution is 2.34. The Bertz CT molecular complexity index is 965. The maximum atomic E-state index is 13.3. The van der Waals surface area contributed by atoms with Crippen molar-refractivity contribution in [1.29, 1.82) is 0 Å². The van der Waals surface area contributed by atoms with Crippen LogP contribution >= 0.6 is 0 Å². The molecule has 0 aliphatic carbocycles. The third-order valence-electron chi connectivity index (χ3n) is 4.08. The Hall–Kier alpha value is -3.36.